The molecule has 0 saturated carbocycles. The number of alkyl halides is 4. The zero-order chi connectivity index (χ0) is 11.5. The second-order valence-electron chi connectivity index (χ2n) is 3.66. The van der Waals surface area contributed by atoms with E-state index in [-0.39, 0.29) is 31.2 Å². The summed E-state index contributed by atoms with van der Waals surface area (Å²) in [6.45, 7) is 0.210. The molecule has 1 rings (SSSR count). The fourth-order valence-electron chi connectivity index (χ4n) is 1.71. The van der Waals surface area contributed by atoms with Crippen LogP contribution in [0.3, 0.4) is 0 Å². The molecule has 1 saturated heterocycles. The molecule has 0 radical (unpaired) electrons. The quantitative estimate of drug-likeness (QED) is 0.682. The van der Waals surface area contributed by atoms with E-state index in [4.69, 9.17) is 11.6 Å². The number of hydrogen-bond acceptors (Lipinski definition) is 1. The van der Waals surface area contributed by atoms with E-state index in [2.05, 4.69) is 0 Å². The first-order valence-electron chi connectivity index (χ1n) is 4.85. The maximum Gasteiger partial charge on any atom is 0.393 e. The minimum Gasteiger partial charge on any atom is -0.342 e. The van der Waals surface area contributed by atoms with Crippen LogP contribution in [0.15, 0.2) is 0 Å². The Labute approximate surface area is 91.4 Å². The summed E-state index contributed by atoms with van der Waals surface area (Å²) < 4.78 is 37.2. The van der Waals surface area contributed by atoms with Gasteiger partial charge in [-0.15, -0.1) is 11.6 Å². The van der Waals surface area contributed by atoms with Crippen molar-refractivity contribution < 1.29 is 18.0 Å². The van der Waals surface area contributed by atoms with E-state index in [1.165, 1.54) is 4.90 Å². The number of nitrogens with zero attached hydrogens (tertiary/aromatic N) is 1. The maximum absolute atomic E-state index is 12.4. The molecular formula is C9H13ClF3NO. The van der Waals surface area contributed by atoms with Gasteiger partial charge in [0, 0.05) is 25.4 Å². The summed E-state index contributed by atoms with van der Waals surface area (Å²) in [7, 11) is 0. The molecular weight excluding hydrogens is 231 g/mol. The summed E-state index contributed by atoms with van der Waals surface area (Å²) in [4.78, 5) is 12.6. The summed E-state index contributed by atoms with van der Waals surface area (Å²) in [5, 5.41) is 0. The second-order valence-corrected chi connectivity index (χ2v) is 4.04. The van der Waals surface area contributed by atoms with Crippen molar-refractivity contribution in [2.75, 3.05) is 19.0 Å². The Morgan fingerprint density at radius 2 is 2.13 bits per heavy atom. The van der Waals surface area contributed by atoms with Gasteiger partial charge in [0.2, 0.25) is 5.91 Å². The molecule has 1 heterocycles. The van der Waals surface area contributed by atoms with Crippen molar-refractivity contribution in [2.45, 2.75) is 25.4 Å². The van der Waals surface area contributed by atoms with Gasteiger partial charge in [-0.1, -0.05) is 0 Å². The number of rotatable bonds is 2. The number of piperidine rings is 1. The third kappa shape index (κ3) is 3.55. The van der Waals surface area contributed by atoms with E-state index in [1.807, 2.05) is 0 Å². The molecule has 1 atom stereocenters. The zero-order valence-electron chi connectivity index (χ0n) is 8.19. The molecule has 1 aliphatic heterocycles. The van der Waals surface area contributed by atoms with Crippen LogP contribution in [0.2, 0.25) is 0 Å². The van der Waals surface area contributed by atoms with Crippen molar-refractivity contribution in [3.8, 4) is 0 Å². The lowest BCUT2D eigenvalue weighted by molar-refractivity contribution is -0.188. The highest BCUT2D eigenvalue weighted by atomic mass is 35.5. The third-order valence-electron chi connectivity index (χ3n) is 2.55. The van der Waals surface area contributed by atoms with Gasteiger partial charge in [0.1, 0.15) is 0 Å². The Hall–Kier alpha value is -0.450. The summed E-state index contributed by atoms with van der Waals surface area (Å²) >= 11 is 5.37. The first-order valence-corrected chi connectivity index (χ1v) is 5.39. The van der Waals surface area contributed by atoms with Crippen LogP contribution in [0.1, 0.15) is 19.3 Å². The van der Waals surface area contributed by atoms with Crippen LogP contribution in [-0.2, 0) is 4.79 Å². The topological polar surface area (TPSA) is 20.3 Å². The van der Waals surface area contributed by atoms with Crippen LogP contribution in [0, 0.1) is 5.92 Å². The summed E-state index contributed by atoms with van der Waals surface area (Å²) in [5.74, 6) is -1.49. The number of hydrogen-bond donors (Lipinski definition) is 0. The lowest BCUT2D eigenvalue weighted by atomic mass is 9.97. The molecule has 1 aliphatic rings. The smallest absolute Gasteiger partial charge is 0.342 e. The molecule has 0 spiro atoms. The van der Waals surface area contributed by atoms with Crippen LogP contribution in [0.5, 0.6) is 0 Å². The summed E-state index contributed by atoms with van der Waals surface area (Å²) in [5.41, 5.74) is 0. The number of amides is 1. The van der Waals surface area contributed by atoms with E-state index >= 15 is 0 Å². The van der Waals surface area contributed by atoms with Crippen molar-refractivity contribution in [1.29, 1.82) is 0 Å². The summed E-state index contributed by atoms with van der Waals surface area (Å²) in [6.07, 6.45) is -3.54. The largest absolute Gasteiger partial charge is 0.393 e. The van der Waals surface area contributed by atoms with E-state index < -0.39 is 12.1 Å². The van der Waals surface area contributed by atoms with Crippen LogP contribution >= 0.6 is 11.6 Å². The summed E-state index contributed by atoms with van der Waals surface area (Å²) in [6, 6.07) is 0. The standard InChI is InChI=1S/C9H13ClF3NO/c10-4-3-8(15)14-5-1-2-7(6-14)9(11,12)13/h7H,1-6H2/t7-/m1/s1. The Kier molecular flexibility index (Phi) is 4.25. The molecule has 0 aliphatic carbocycles. The Bertz CT molecular complexity index is 232. The van der Waals surface area contributed by atoms with Crippen molar-refractivity contribution in [3.05, 3.63) is 0 Å². The van der Waals surface area contributed by atoms with Gasteiger partial charge in [-0.3, -0.25) is 4.79 Å². The second kappa shape index (κ2) is 5.05. The molecule has 0 N–H and O–H groups in total. The molecule has 88 valence electrons. The van der Waals surface area contributed by atoms with Gasteiger partial charge in [0.05, 0.1) is 5.92 Å². The highest BCUT2D eigenvalue weighted by molar-refractivity contribution is 6.18. The number of carbonyl (C=O) groups is 1. The number of halogens is 4. The Morgan fingerprint density at radius 1 is 1.47 bits per heavy atom. The lowest BCUT2D eigenvalue weighted by Gasteiger charge is -2.33. The van der Waals surface area contributed by atoms with Crippen molar-refractivity contribution in [1.82, 2.24) is 4.90 Å². The van der Waals surface area contributed by atoms with E-state index in [1.54, 1.807) is 0 Å². The molecule has 6 heteroatoms. The SMILES string of the molecule is O=C(CCCl)N1CCC[C@@H](C(F)(F)F)C1. The van der Waals surface area contributed by atoms with Gasteiger partial charge < -0.3 is 4.90 Å². The van der Waals surface area contributed by atoms with Gasteiger partial charge in [-0.25, -0.2) is 0 Å². The van der Waals surface area contributed by atoms with Crippen molar-refractivity contribution >= 4 is 17.5 Å². The van der Waals surface area contributed by atoms with Crippen molar-refractivity contribution in [3.63, 3.8) is 0 Å². The van der Waals surface area contributed by atoms with Crippen LogP contribution in [0.25, 0.3) is 0 Å². The monoisotopic (exact) mass is 243 g/mol. The fraction of sp³-hybridized carbons (Fsp3) is 0.889. The first-order chi connectivity index (χ1) is 6.95. The highest BCUT2D eigenvalue weighted by Gasteiger charge is 2.42. The van der Waals surface area contributed by atoms with Gasteiger partial charge in [0.25, 0.3) is 0 Å². The molecule has 0 aromatic rings. The molecule has 0 bridgehead atoms. The van der Waals surface area contributed by atoms with Crippen molar-refractivity contribution in [2.24, 2.45) is 5.92 Å². The van der Waals surface area contributed by atoms with Crippen LogP contribution in [0.4, 0.5) is 13.2 Å². The fourth-order valence-corrected chi connectivity index (χ4v) is 1.87. The Morgan fingerprint density at radius 3 is 2.67 bits per heavy atom. The van der Waals surface area contributed by atoms with Gasteiger partial charge >= 0.3 is 6.18 Å². The third-order valence-corrected chi connectivity index (χ3v) is 2.73. The first kappa shape index (κ1) is 12.6. The molecule has 0 unspecified atom stereocenters. The van der Waals surface area contributed by atoms with Gasteiger partial charge in [-0.05, 0) is 12.8 Å². The minimum atomic E-state index is -4.19. The predicted molar refractivity (Wildman–Crippen MR) is 50.7 cm³/mol. The van der Waals surface area contributed by atoms with E-state index in [9.17, 15) is 18.0 Å². The van der Waals surface area contributed by atoms with Gasteiger partial charge in [0.15, 0.2) is 0 Å². The minimum absolute atomic E-state index is 0.117. The average Bonchev–Trinajstić information content (AvgIpc) is 2.17. The maximum atomic E-state index is 12.4. The molecule has 2 nitrogen and oxygen atoms in total. The van der Waals surface area contributed by atoms with Crippen LogP contribution in [-0.4, -0.2) is 36.0 Å². The molecule has 0 aromatic heterocycles. The molecule has 0 aromatic carbocycles. The lowest BCUT2D eigenvalue weighted by Crippen LogP contribution is -2.44. The Balaban J connectivity index is 2.52. The van der Waals surface area contributed by atoms with E-state index in [0.717, 1.165) is 0 Å². The van der Waals surface area contributed by atoms with Gasteiger partial charge in [-0.2, -0.15) is 13.2 Å². The van der Waals surface area contributed by atoms with Crippen LogP contribution < -0.4 is 0 Å². The number of carbonyl (C=O) groups excluding carboxylic acids is 1. The molecule has 15 heavy (non-hydrogen) atoms. The normalized spacial score (nSPS) is 22.9. The highest BCUT2D eigenvalue weighted by Crippen LogP contribution is 2.33. The molecule has 1 amide bonds. The number of likely N-dealkylation sites (tertiary alicyclic amines) is 1. The predicted octanol–water partition coefficient (Wildman–Crippen LogP) is 2.42. The van der Waals surface area contributed by atoms with E-state index in [0.29, 0.717) is 13.0 Å². The average molecular weight is 244 g/mol. The zero-order valence-corrected chi connectivity index (χ0v) is 8.94. The molecule has 1 fully saturated rings.